The molecule has 0 saturated heterocycles. The molecule has 0 fully saturated rings. The molecule has 22 heavy (non-hydrogen) atoms. The van der Waals surface area contributed by atoms with E-state index in [9.17, 15) is 13.2 Å². The van der Waals surface area contributed by atoms with Crippen LogP contribution in [0, 0.1) is 0 Å². The van der Waals surface area contributed by atoms with E-state index in [-0.39, 0.29) is 11.7 Å². The third-order valence-corrected chi connectivity index (χ3v) is 2.91. The average Bonchev–Trinajstić information content (AvgIpc) is 2.45. The lowest BCUT2D eigenvalue weighted by molar-refractivity contribution is -0.137. The summed E-state index contributed by atoms with van der Waals surface area (Å²) in [5.41, 5.74) is 6.05. The first kappa shape index (κ1) is 16.1. The van der Waals surface area contributed by atoms with E-state index in [0.717, 1.165) is 17.8 Å². The lowest BCUT2D eigenvalue weighted by Crippen LogP contribution is -2.18. The predicted molar refractivity (Wildman–Crippen MR) is 82.6 cm³/mol. The van der Waals surface area contributed by atoms with Crippen LogP contribution in [0.25, 0.3) is 0 Å². The topological polar surface area (TPSA) is 47.3 Å². The molecule has 116 valence electrons. The molecule has 0 aliphatic rings. The van der Waals surface area contributed by atoms with Crippen LogP contribution >= 0.6 is 12.2 Å². The van der Waals surface area contributed by atoms with E-state index in [0.29, 0.717) is 11.3 Å². The smallest absolute Gasteiger partial charge is 0.416 e. The Kier molecular flexibility index (Phi) is 4.87. The Balaban J connectivity index is 1.94. The molecule has 0 unspecified atom stereocenters. The van der Waals surface area contributed by atoms with Gasteiger partial charge in [0.25, 0.3) is 0 Å². The number of thiocarbonyl (C=S) groups is 1. The largest absolute Gasteiger partial charge is 0.489 e. The summed E-state index contributed by atoms with van der Waals surface area (Å²) in [6.45, 7) is 0.181. The summed E-state index contributed by atoms with van der Waals surface area (Å²) >= 11 is 4.72. The minimum absolute atomic E-state index is 0.165. The summed E-state index contributed by atoms with van der Waals surface area (Å²) in [4.78, 5) is 0. The van der Waals surface area contributed by atoms with Crippen molar-refractivity contribution in [2.75, 3.05) is 5.32 Å². The van der Waals surface area contributed by atoms with Gasteiger partial charge in [0.15, 0.2) is 5.11 Å². The van der Waals surface area contributed by atoms with E-state index in [1.165, 1.54) is 12.1 Å². The van der Waals surface area contributed by atoms with Gasteiger partial charge in [-0.15, -0.1) is 0 Å². The van der Waals surface area contributed by atoms with Gasteiger partial charge in [-0.3, -0.25) is 0 Å². The highest BCUT2D eigenvalue weighted by atomic mass is 32.1. The second-order valence-corrected chi connectivity index (χ2v) is 4.94. The lowest BCUT2D eigenvalue weighted by Gasteiger charge is -2.10. The summed E-state index contributed by atoms with van der Waals surface area (Å²) in [6.07, 6.45) is -4.33. The number of halogens is 3. The predicted octanol–water partition coefficient (Wildman–Crippen LogP) is 3.94. The molecule has 3 N–H and O–H groups in total. The summed E-state index contributed by atoms with van der Waals surface area (Å²) in [5.74, 6) is 0.591. The first-order valence-corrected chi connectivity index (χ1v) is 6.71. The van der Waals surface area contributed by atoms with Gasteiger partial charge in [-0.05, 0) is 54.2 Å². The van der Waals surface area contributed by atoms with Gasteiger partial charge in [0.1, 0.15) is 12.4 Å². The molecule has 0 aliphatic carbocycles. The van der Waals surface area contributed by atoms with Crippen LogP contribution in [0.5, 0.6) is 5.75 Å². The Morgan fingerprint density at radius 1 is 1.05 bits per heavy atom. The maximum absolute atomic E-state index is 12.4. The second-order valence-electron chi connectivity index (χ2n) is 4.50. The Hall–Kier alpha value is -2.28. The molecule has 0 aromatic heterocycles. The van der Waals surface area contributed by atoms with E-state index in [1.807, 2.05) is 0 Å². The Bertz CT molecular complexity index is 639. The Labute approximate surface area is 130 Å². The second kappa shape index (κ2) is 6.65. The van der Waals surface area contributed by atoms with Gasteiger partial charge in [-0.25, -0.2) is 0 Å². The van der Waals surface area contributed by atoms with Crippen molar-refractivity contribution in [2.45, 2.75) is 12.8 Å². The fourth-order valence-electron chi connectivity index (χ4n) is 1.73. The molecule has 0 spiro atoms. The fourth-order valence-corrected chi connectivity index (χ4v) is 1.85. The number of hydrogen-bond acceptors (Lipinski definition) is 2. The molecular weight excluding hydrogens is 313 g/mol. The van der Waals surface area contributed by atoms with Crippen molar-refractivity contribution in [2.24, 2.45) is 5.73 Å². The highest BCUT2D eigenvalue weighted by Gasteiger charge is 2.29. The molecule has 0 aliphatic heterocycles. The van der Waals surface area contributed by atoms with Gasteiger partial charge in [0.2, 0.25) is 0 Å². The normalized spacial score (nSPS) is 11.0. The molecule has 0 bridgehead atoms. The fraction of sp³-hybridized carbons (Fsp3) is 0.133. The van der Waals surface area contributed by atoms with Crippen LogP contribution in [-0.2, 0) is 12.8 Å². The molecule has 0 amide bonds. The number of hydrogen-bond donors (Lipinski definition) is 2. The van der Waals surface area contributed by atoms with Crippen molar-refractivity contribution in [3.63, 3.8) is 0 Å². The minimum atomic E-state index is -4.33. The van der Waals surface area contributed by atoms with Crippen LogP contribution in [0.15, 0.2) is 48.5 Å². The number of rotatable bonds is 4. The van der Waals surface area contributed by atoms with Crippen molar-refractivity contribution in [3.05, 3.63) is 59.7 Å². The van der Waals surface area contributed by atoms with E-state index in [2.05, 4.69) is 5.32 Å². The molecule has 2 aromatic carbocycles. The van der Waals surface area contributed by atoms with Crippen LogP contribution in [0.2, 0.25) is 0 Å². The van der Waals surface area contributed by atoms with Crippen LogP contribution in [-0.4, -0.2) is 5.11 Å². The van der Waals surface area contributed by atoms with Gasteiger partial charge in [0.05, 0.1) is 5.56 Å². The molecule has 0 saturated carbocycles. The van der Waals surface area contributed by atoms with Gasteiger partial charge in [-0.1, -0.05) is 12.1 Å². The monoisotopic (exact) mass is 326 g/mol. The van der Waals surface area contributed by atoms with Crippen LogP contribution in [0.4, 0.5) is 18.9 Å². The van der Waals surface area contributed by atoms with Crippen molar-refractivity contribution in [3.8, 4) is 5.75 Å². The van der Waals surface area contributed by atoms with Crippen molar-refractivity contribution in [1.29, 1.82) is 0 Å². The van der Waals surface area contributed by atoms with Crippen molar-refractivity contribution >= 4 is 23.0 Å². The Morgan fingerprint density at radius 2 is 1.64 bits per heavy atom. The van der Waals surface area contributed by atoms with E-state index in [1.54, 1.807) is 24.3 Å². The van der Waals surface area contributed by atoms with Crippen molar-refractivity contribution < 1.29 is 17.9 Å². The summed E-state index contributed by atoms with van der Waals surface area (Å²) < 4.78 is 42.8. The van der Waals surface area contributed by atoms with Crippen LogP contribution < -0.4 is 15.8 Å². The van der Waals surface area contributed by atoms with Crippen molar-refractivity contribution in [1.82, 2.24) is 0 Å². The van der Waals surface area contributed by atoms with Crippen LogP contribution in [0.1, 0.15) is 11.1 Å². The maximum Gasteiger partial charge on any atom is 0.416 e. The zero-order chi connectivity index (χ0) is 16.2. The van der Waals surface area contributed by atoms with Crippen LogP contribution in [0.3, 0.4) is 0 Å². The first-order chi connectivity index (χ1) is 10.3. The zero-order valence-corrected chi connectivity index (χ0v) is 12.2. The molecule has 0 radical (unpaired) electrons. The molecule has 2 rings (SSSR count). The highest BCUT2D eigenvalue weighted by Crippen LogP contribution is 2.29. The van der Waals surface area contributed by atoms with E-state index < -0.39 is 11.7 Å². The zero-order valence-electron chi connectivity index (χ0n) is 11.4. The SMILES string of the molecule is NC(=S)Nc1ccc(OCc2ccc(C(F)(F)F)cc2)cc1. The third kappa shape index (κ3) is 4.63. The van der Waals surface area contributed by atoms with Gasteiger partial charge in [0, 0.05) is 5.69 Å². The maximum atomic E-state index is 12.4. The molecule has 0 atom stereocenters. The number of anilines is 1. The summed E-state index contributed by atoms with van der Waals surface area (Å²) in [7, 11) is 0. The van der Waals surface area contributed by atoms with E-state index >= 15 is 0 Å². The van der Waals surface area contributed by atoms with Gasteiger partial charge >= 0.3 is 6.18 Å². The summed E-state index contributed by atoms with van der Waals surface area (Å²) in [5, 5.41) is 2.94. The van der Waals surface area contributed by atoms with E-state index in [4.69, 9.17) is 22.7 Å². The number of nitrogens with two attached hydrogens (primary N) is 1. The molecule has 7 heteroatoms. The molecule has 0 heterocycles. The number of alkyl halides is 3. The average molecular weight is 326 g/mol. The first-order valence-electron chi connectivity index (χ1n) is 6.30. The molecule has 2 aromatic rings. The van der Waals surface area contributed by atoms with Gasteiger partial charge in [-0.2, -0.15) is 13.2 Å². The quantitative estimate of drug-likeness (QED) is 0.836. The Morgan fingerprint density at radius 3 is 2.14 bits per heavy atom. The minimum Gasteiger partial charge on any atom is -0.489 e. The molecular formula is C15H13F3N2OS. The summed E-state index contributed by atoms with van der Waals surface area (Å²) in [6, 6.07) is 11.8. The van der Waals surface area contributed by atoms with Gasteiger partial charge < -0.3 is 15.8 Å². The number of ether oxygens (including phenoxy) is 1. The lowest BCUT2D eigenvalue weighted by atomic mass is 10.1. The third-order valence-electron chi connectivity index (χ3n) is 2.81. The molecule has 3 nitrogen and oxygen atoms in total. The number of benzene rings is 2. The number of nitrogens with one attached hydrogen (secondary N) is 1. The highest BCUT2D eigenvalue weighted by molar-refractivity contribution is 7.80. The standard InChI is InChI=1S/C15H13F3N2OS/c16-15(17,18)11-3-1-10(2-4-11)9-21-13-7-5-12(6-8-13)20-14(19)22/h1-8H,9H2,(H3,19,20,22).